The van der Waals surface area contributed by atoms with Crippen molar-refractivity contribution < 1.29 is 29.3 Å². The molecule has 0 amide bonds. The first kappa shape index (κ1) is 34.3. The standard InChI is InChI=1S/C34H41N8.C13H7N2.Pt/c1-21(2)25-16-29(22(3)4)31(30(17-25)23(5)6)26-14-27(39-19-40(8)32-24(7)35-10-11-36-32)18-28(15-26)42-20-41(9)33-34(42)38-13-12-37-33;14-8-9-5-6-13-11(7-9)10-3-1-2-4-12(10)15-13;/h10-17,19-23,39H,1-9H3;1-7H;/q-3;-1;+4/i8D3,9D3;;. The van der Waals surface area contributed by atoms with E-state index in [0.29, 0.717) is 34.4 Å². The fourth-order valence-corrected chi connectivity index (χ4v) is 6.94. The number of benzene rings is 4. The Balaban J connectivity index is 0.000000355. The molecule has 10 nitrogen and oxygen atoms in total. The second kappa shape index (κ2) is 17.8. The van der Waals surface area contributed by atoms with Gasteiger partial charge < -0.3 is 25.0 Å². The van der Waals surface area contributed by atoms with E-state index in [2.05, 4.69) is 96.0 Å². The molecule has 0 saturated carbocycles. The van der Waals surface area contributed by atoms with Crippen molar-refractivity contribution in [3.8, 4) is 17.2 Å². The normalized spacial score (nSPS) is 14.1. The van der Waals surface area contributed by atoms with E-state index in [1.54, 1.807) is 17.9 Å². The van der Waals surface area contributed by atoms with Crippen molar-refractivity contribution in [2.45, 2.75) is 66.2 Å². The van der Waals surface area contributed by atoms with Crippen LogP contribution in [0.2, 0.25) is 0 Å². The second-order valence-electron chi connectivity index (χ2n) is 14.8. The molecule has 1 aliphatic heterocycles. The van der Waals surface area contributed by atoms with Crippen LogP contribution in [0.25, 0.3) is 32.9 Å². The van der Waals surface area contributed by atoms with Crippen LogP contribution in [0.1, 0.15) is 95.5 Å². The molecule has 8 rings (SSSR count). The molecule has 0 spiro atoms. The van der Waals surface area contributed by atoms with E-state index < -0.39 is 14.0 Å². The zero-order valence-electron chi connectivity index (χ0n) is 39.4. The largest absolute Gasteiger partial charge is 4.00 e. The summed E-state index contributed by atoms with van der Waals surface area (Å²) in [6.45, 7) is 12.4. The van der Waals surface area contributed by atoms with Gasteiger partial charge in [-0.1, -0.05) is 84.0 Å². The van der Waals surface area contributed by atoms with Gasteiger partial charge in [0.25, 0.3) is 0 Å². The maximum Gasteiger partial charge on any atom is 4.00 e. The van der Waals surface area contributed by atoms with Gasteiger partial charge >= 0.3 is 21.1 Å². The number of fused-ring (bicyclic) bond motifs is 4. The minimum absolute atomic E-state index is 0. The van der Waals surface area contributed by atoms with Gasteiger partial charge in [0.15, 0.2) is 0 Å². The van der Waals surface area contributed by atoms with Crippen molar-refractivity contribution in [1.82, 2.24) is 24.9 Å². The molecular formula is C47H48N10Pt. The molecule has 0 aliphatic carbocycles. The Labute approximate surface area is 365 Å². The molecule has 0 saturated heterocycles. The van der Waals surface area contributed by atoms with Crippen molar-refractivity contribution >= 4 is 50.6 Å². The number of aryl methyl sites for hydroxylation is 1. The third kappa shape index (κ3) is 8.56. The molecule has 1 N–H and O–H groups in total. The fourth-order valence-electron chi connectivity index (χ4n) is 6.94. The van der Waals surface area contributed by atoms with Gasteiger partial charge in [-0.15, -0.1) is 52.8 Å². The van der Waals surface area contributed by atoms with Crippen LogP contribution in [0.4, 0.5) is 28.8 Å². The Morgan fingerprint density at radius 1 is 0.845 bits per heavy atom. The fraction of sp³-hybridized carbons (Fsp3) is 0.255. The van der Waals surface area contributed by atoms with Crippen molar-refractivity contribution in [3.63, 3.8) is 0 Å². The van der Waals surface area contributed by atoms with E-state index >= 15 is 0 Å². The molecule has 296 valence electrons. The predicted octanol–water partition coefficient (Wildman–Crippen LogP) is 10.6. The monoisotopic (exact) mass is 953 g/mol. The quantitative estimate of drug-likeness (QED) is 0.140. The summed E-state index contributed by atoms with van der Waals surface area (Å²) in [6.07, 6.45) is 5.91. The number of nitrogens with zero attached hydrogens (tertiary/aromatic N) is 9. The van der Waals surface area contributed by atoms with Gasteiger partial charge in [0, 0.05) is 33.0 Å². The third-order valence-corrected chi connectivity index (χ3v) is 9.88. The molecule has 4 heterocycles. The van der Waals surface area contributed by atoms with Gasteiger partial charge in [-0.3, -0.25) is 4.98 Å². The van der Waals surface area contributed by atoms with Gasteiger partial charge in [-0.25, -0.2) is 15.0 Å². The van der Waals surface area contributed by atoms with Crippen LogP contribution in [-0.2, 0) is 21.1 Å². The van der Waals surface area contributed by atoms with Crippen molar-refractivity contribution in [1.29, 1.82) is 5.26 Å². The summed E-state index contributed by atoms with van der Waals surface area (Å²) in [4.78, 5) is 25.6. The van der Waals surface area contributed by atoms with E-state index in [-0.39, 0.29) is 44.5 Å². The molecule has 1 aliphatic rings. The third-order valence-electron chi connectivity index (χ3n) is 9.88. The van der Waals surface area contributed by atoms with E-state index in [1.807, 2.05) is 48.5 Å². The number of aromatic nitrogens is 5. The molecule has 11 heteroatoms. The van der Waals surface area contributed by atoms with Crippen LogP contribution >= 0.6 is 0 Å². The van der Waals surface area contributed by atoms with Crippen LogP contribution in [-0.4, -0.2) is 33.9 Å². The first-order chi connectivity index (χ1) is 29.8. The van der Waals surface area contributed by atoms with E-state index in [4.69, 9.17) is 13.5 Å². The van der Waals surface area contributed by atoms with Crippen LogP contribution < -0.4 is 25.0 Å². The number of hydrogen-bond acceptors (Lipinski definition) is 9. The summed E-state index contributed by atoms with van der Waals surface area (Å²) in [6, 6.07) is 27.5. The number of rotatable bonds is 9. The molecule has 7 aromatic rings. The molecule has 0 unspecified atom stereocenters. The van der Waals surface area contributed by atoms with Crippen LogP contribution in [0, 0.1) is 37.7 Å². The van der Waals surface area contributed by atoms with Gasteiger partial charge in [0.1, 0.15) is 17.5 Å². The Hall–Kier alpha value is -5.78. The van der Waals surface area contributed by atoms with Crippen LogP contribution in [0.15, 0.2) is 91.5 Å². The number of anilines is 5. The minimum atomic E-state index is -2.58. The van der Waals surface area contributed by atoms with Crippen LogP contribution in [0.3, 0.4) is 0 Å². The minimum Gasteiger partial charge on any atom is -0.657 e. The van der Waals surface area contributed by atoms with Gasteiger partial charge in [0.05, 0.1) is 17.3 Å². The molecule has 0 fully saturated rings. The smallest absolute Gasteiger partial charge is 0.657 e. The Bertz CT molecular complexity index is 2780. The summed E-state index contributed by atoms with van der Waals surface area (Å²) >= 11 is 0. The Morgan fingerprint density at radius 3 is 2.21 bits per heavy atom. The zero-order chi connectivity index (χ0) is 45.4. The number of para-hydroxylation sites is 1. The first-order valence-corrected chi connectivity index (χ1v) is 18.9. The number of nitrogens with one attached hydrogen (secondary N) is 1. The van der Waals surface area contributed by atoms with Gasteiger partial charge in [-0.2, -0.15) is 11.9 Å². The summed E-state index contributed by atoms with van der Waals surface area (Å²) in [5.74, 6) is 1.41. The molecule has 58 heavy (non-hydrogen) atoms. The summed E-state index contributed by atoms with van der Waals surface area (Å²) in [5, 5.41) is 14.2. The molecule has 0 atom stereocenters. The Kier molecular flexibility index (Phi) is 10.5. The molecular weight excluding hydrogens is 900 g/mol. The predicted molar refractivity (Wildman–Crippen MR) is 232 cm³/mol. The van der Waals surface area contributed by atoms with Gasteiger partial charge in [-0.05, 0) is 83.8 Å². The SMILES string of the molecule is N#Cc1ccc2[n-]c3ccccc3c2c1.[2H]C([2H])([2H])N([CH-]Nc1[c-]c(N2[CH-]N(C([2H])([2H])[2H])c3nccnc32)cc(-c2c(C(C)C)cc(C(C)C)cc2C(C)C)c1)c1nccnc1C.[Pt+4]. The van der Waals surface area contributed by atoms with E-state index in [0.717, 1.165) is 42.7 Å². The first-order valence-electron chi connectivity index (χ1n) is 21.9. The summed E-state index contributed by atoms with van der Waals surface area (Å²) in [7, 11) is 0. The Morgan fingerprint density at radius 2 is 1.53 bits per heavy atom. The molecule has 3 aromatic heterocycles. The van der Waals surface area contributed by atoms with Crippen molar-refractivity contribution in [3.05, 3.63) is 139 Å². The second-order valence-corrected chi connectivity index (χ2v) is 14.8. The summed E-state index contributed by atoms with van der Waals surface area (Å²) in [5.41, 5.74) is 9.52. The average molecular weight is 954 g/mol. The van der Waals surface area contributed by atoms with Crippen molar-refractivity contribution in [2.24, 2.45) is 0 Å². The molecule has 0 radical (unpaired) electrons. The number of hydrogen-bond donors (Lipinski definition) is 1. The average Bonchev–Trinajstić information content (AvgIpc) is 3.82. The topological polar surface area (TPSA) is 111 Å². The summed E-state index contributed by atoms with van der Waals surface area (Å²) < 4.78 is 49.1. The maximum atomic E-state index is 8.84. The van der Waals surface area contributed by atoms with Crippen LogP contribution in [0.5, 0.6) is 0 Å². The van der Waals surface area contributed by atoms with E-state index in [9.17, 15) is 0 Å². The zero-order valence-corrected chi connectivity index (χ0v) is 35.7. The van der Waals surface area contributed by atoms with E-state index in [1.165, 1.54) is 54.8 Å². The van der Waals surface area contributed by atoms with Crippen molar-refractivity contribution in [2.75, 3.05) is 34.0 Å². The van der Waals surface area contributed by atoms with Gasteiger partial charge in [0.2, 0.25) is 0 Å². The number of nitriles is 1. The maximum absolute atomic E-state index is 8.84. The molecule has 4 aromatic carbocycles. The molecule has 0 bridgehead atoms.